The van der Waals surface area contributed by atoms with Crippen LogP contribution in [-0.4, -0.2) is 35.1 Å². The quantitative estimate of drug-likeness (QED) is 0.322. The molecule has 0 saturated heterocycles. The summed E-state index contributed by atoms with van der Waals surface area (Å²) >= 11 is 6.38. The van der Waals surface area contributed by atoms with Crippen molar-refractivity contribution in [3.8, 4) is 11.4 Å². The number of nitrogen functional groups attached to an aromatic ring is 1. The minimum Gasteiger partial charge on any atom is -0.496 e. The van der Waals surface area contributed by atoms with Gasteiger partial charge in [-0.25, -0.2) is 4.68 Å². The summed E-state index contributed by atoms with van der Waals surface area (Å²) in [5, 5.41) is 18.5. The minimum absolute atomic E-state index is 0.0209. The number of nitrogens with one attached hydrogen (secondary N) is 3. The van der Waals surface area contributed by atoms with Crippen molar-refractivity contribution in [1.29, 1.82) is 5.41 Å². The SMILES string of the molecule is COc1cc(-n2cc(C)c(Nc3ccc(N)c(C=N)c3Cl)n2)ccc1C(=O)NC(C)C. The van der Waals surface area contributed by atoms with Crippen LogP contribution in [-0.2, 0) is 0 Å². The molecule has 0 unspecified atom stereocenters. The molecule has 0 atom stereocenters. The van der Waals surface area contributed by atoms with Gasteiger partial charge in [-0.05, 0) is 45.0 Å². The first-order valence-electron chi connectivity index (χ1n) is 9.66. The molecular weight excluding hydrogens is 416 g/mol. The van der Waals surface area contributed by atoms with Crippen LogP contribution >= 0.6 is 11.6 Å². The van der Waals surface area contributed by atoms with Gasteiger partial charge < -0.3 is 26.5 Å². The van der Waals surface area contributed by atoms with E-state index in [9.17, 15) is 4.79 Å². The fraction of sp³-hybridized carbons (Fsp3) is 0.227. The number of halogens is 1. The summed E-state index contributed by atoms with van der Waals surface area (Å²) in [5.74, 6) is 0.858. The predicted octanol–water partition coefficient (Wildman–Crippen LogP) is 4.30. The summed E-state index contributed by atoms with van der Waals surface area (Å²) in [6.07, 6.45) is 2.98. The normalized spacial score (nSPS) is 10.8. The molecule has 1 heterocycles. The molecule has 162 valence electrons. The van der Waals surface area contributed by atoms with E-state index in [1.165, 1.54) is 7.11 Å². The first kappa shape index (κ1) is 22.2. The van der Waals surface area contributed by atoms with Crippen molar-refractivity contribution < 1.29 is 9.53 Å². The molecule has 0 aliphatic heterocycles. The predicted molar refractivity (Wildman–Crippen MR) is 124 cm³/mol. The number of ether oxygens (including phenoxy) is 1. The van der Waals surface area contributed by atoms with Crippen LogP contribution in [0.4, 0.5) is 17.2 Å². The van der Waals surface area contributed by atoms with Crippen molar-refractivity contribution in [2.24, 2.45) is 0 Å². The number of hydrogen-bond donors (Lipinski definition) is 4. The zero-order chi connectivity index (χ0) is 22.7. The molecule has 3 aromatic rings. The van der Waals surface area contributed by atoms with Crippen molar-refractivity contribution in [3.63, 3.8) is 0 Å². The molecule has 0 aliphatic rings. The minimum atomic E-state index is -0.197. The lowest BCUT2D eigenvalue weighted by atomic mass is 10.1. The van der Waals surface area contributed by atoms with Crippen molar-refractivity contribution in [2.75, 3.05) is 18.2 Å². The Hall–Kier alpha value is -3.52. The van der Waals surface area contributed by atoms with Gasteiger partial charge in [0.25, 0.3) is 5.91 Å². The Morgan fingerprint density at radius 2 is 2.06 bits per heavy atom. The second-order valence-corrected chi connectivity index (χ2v) is 7.70. The second kappa shape index (κ2) is 9.09. The maximum absolute atomic E-state index is 12.4. The molecule has 0 aliphatic carbocycles. The molecule has 9 heteroatoms. The molecule has 31 heavy (non-hydrogen) atoms. The molecule has 5 N–H and O–H groups in total. The summed E-state index contributed by atoms with van der Waals surface area (Å²) < 4.78 is 7.11. The van der Waals surface area contributed by atoms with Crippen molar-refractivity contribution in [2.45, 2.75) is 26.8 Å². The molecule has 2 aromatic carbocycles. The molecule has 0 spiro atoms. The van der Waals surface area contributed by atoms with Crippen LogP contribution in [0.15, 0.2) is 36.5 Å². The molecule has 0 fully saturated rings. The van der Waals surface area contributed by atoms with Gasteiger partial charge in [0, 0.05) is 41.3 Å². The van der Waals surface area contributed by atoms with Crippen LogP contribution in [0.1, 0.15) is 35.3 Å². The fourth-order valence-electron chi connectivity index (χ4n) is 3.04. The van der Waals surface area contributed by atoms with E-state index < -0.39 is 0 Å². The molecule has 0 radical (unpaired) electrons. The van der Waals surface area contributed by atoms with E-state index in [2.05, 4.69) is 15.7 Å². The summed E-state index contributed by atoms with van der Waals surface area (Å²) in [6, 6.07) is 8.73. The zero-order valence-electron chi connectivity index (χ0n) is 17.8. The molecule has 8 nitrogen and oxygen atoms in total. The number of rotatable bonds is 7. The number of methoxy groups -OCH3 is 1. The van der Waals surface area contributed by atoms with Crippen LogP contribution in [0.2, 0.25) is 5.02 Å². The number of nitrogens with zero attached hydrogens (tertiary/aromatic N) is 2. The average molecular weight is 441 g/mol. The summed E-state index contributed by atoms with van der Waals surface area (Å²) in [7, 11) is 1.52. The van der Waals surface area contributed by atoms with E-state index in [0.717, 1.165) is 17.5 Å². The third kappa shape index (κ3) is 4.64. The van der Waals surface area contributed by atoms with Crippen molar-refractivity contribution in [1.82, 2.24) is 15.1 Å². The van der Waals surface area contributed by atoms with Gasteiger partial charge in [0.2, 0.25) is 0 Å². The maximum Gasteiger partial charge on any atom is 0.255 e. The molecule has 3 rings (SSSR count). The van der Waals surface area contributed by atoms with Gasteiger partial charge in [0.05, 0.1) is 29.1 Å². The lowest BCUT2D eigenvalue weighted by Gasteiger charge is -2.13. The number of benzene rings is 2. The first-order chi connectivity index (χ1) is 14.7. The van der Waals surface area contributed by atoms with Crippen molar-refractivity contribution in [3.05, 3.63) is 58.2 Å². The highest BCUT2D eigenvalue weighted by Crippen LogP contribution is 2.32. The van der Waals surface area contributed by atoms with Crippen molar-refractivity contribution >= 4 is 40.9 Å². The molecule has 0 saturated carbocycles. The lowest BCUT2D eigenvalue weighted by molar-refractivity contribution is 0.0940. The Morgan fingerprint density at radius 1 is 1.32 bits per heavy atom. The third-order valence-corrected chi connectivity index (χ3v) is 5.03. The highest BCUT2D eigenvalue weighted by Gasteiger charge is 2.16. The number of carbonyl (C=O) groups excluding carboxylic acids is 1. The number of hydrogen-bond acceptors (Lipinski definition) is 6. The first-order valence-corrected chi connectivity index (χ1v) is 10.0. The summed E-state index contributed by atoms with van der Waals surface area (Å²) in [6.45, 7) is 5.71. The monoisotopic (exact) mass is 440 g/mol. The van der Waals surface area contributed by atoms with Crippen LogP contribution in [0.25, 0.3) is 5.69 Å². The number of aromatic nitrogens is 2. The number of aryl methyl sites for hydroxylation is 1. The standard InChI is InChI=1S/C22H25ClN6O2/c1-12(2)26-22(30)15-6-5-14(9-19(15)31-4)29-11-13(3)21(28-29)27-18-8-7-17(25)16(10-24)20(18)23/h5-12,24H,25H2,1-4H3,(H,26,30)(H,27,28). The Kier molecular flexibility index (Phi) is 6.50. The number of nitrogens with two attached hydrogens (primary N) is 1. The lowest BCUT2D eigenvalue weighted by Crippen LogP contribution is -2.30. The maximum atomic E-state index is 12.4. The largest absolute Gasteiger partial charge is 0.496 e. The van der Waals surface area contributed by atoms with Gasteiger partial charge in [-0.3, -0.25) is 4.79 Å². The Morgan fingerprint density at radius 3 is 2.71 bits per heavy atom. The van der Waals surface area contributed by atoms with Gasteiger partial charge >= 0.3 is 0 Å². The highest BCUT2D eigenvalue weighted by molar-refractivity contribution is 6.36. The van der Waals surface area contributed by atoms with Gasteiger partial charge in [-0.2, -0.15) is 0 Å². The topological polar surface area (TPSA) is 118 Å². The highest BCUT2D eigenvalue weighted by atomic mass is 35.5. The molecule has 0 bridgehead atoms. The van der Waals surface area contributed by atoms with E-state index in [-0.39, 0.29) is 11.9 Å². The van der Waals surface area contributed by atoms with Gasteiger partial charge in [0.15, 0.2) is 5.82 Å². The summed E-state index contributed by atoms with van der Waals surface area (Å²) in [4.78, 5) is 12.4. The number of carbonyl (C=O) groups is 1. The fourth-order valence-corrected chi connectivity index (χ4v) is 3.32. The van der Waals surface area contributed by atoms with Crippen LogP contribution < -0.4 is 21.1 Å². The van der Waals surface area contributed by atoms with Gasteiger partial charge in [0.1, 0.15) is 5.75 Å². The average Bonchev–Trinajstić information content (AvgIpc) is 3.09. The van der Waals surface area contributed by atoms with Crippen LogP contribution in [0, 0.1) is 12.3 Å². The van der Waals surface area contributed by atoms with E-state index in [0.29, 0.717) is 39.1 Å². The van der Waals surface area contributed by atoms with Crippen LogP contribution in [0.3, 0.4) is 0 Å². The van der Waals surface area contributed by atoms with Gasteiger partial charge in [-0.15, -0.1) is 5.10 Å². The smallest absolute Gasteiger partial charge is 0.255 e. The van der Waals surface area contributed by atoms with E-state index >= 15 is 0 Å². The number of anilines is 3. The Balaban J connectivity index is 1.92. The molecule has 1 amide bonds. The third-order valence-electron chi connectivity index (χ3n) is 4.62. The van der Waals surface area contributed by atoms with Crippen LogP contribution in [0.5, 0.6) is 5.75 Å². The van der Waals surface area contributed by atoms with E-state index in [1.807, 2.05) is 27.0 Å². The van der Waals surface area contributed by atoms with Gasteiger partial charge in [-0.1, -0.05) is 11.6 Å². The molecule has 1 aromatic heterocycles. The second-order valence-electron chi connectivity index (χ2n) is 7.32. The van der Waals surface area contributed by atoms with E-state index in [1.54, 1.807) is 35.0 Å². The zero-order valence-corrected chi connectivity index (χ0v) is 18.5. The Labute approximate surface area is 185 Å². The summed E-state index contributed by atoms with van der Waals surface area (Å²) in [5.41, 5.74) is 9.41. The molecular formula is C22H25ClN6O2. The number of amides is 1. The Bertz CT molecular complexity index is 1140. The van der Waals surface area contributed by atoms with E-state index in [4.69, 9.17) is 27.5 Å².